The minimum atomic E-state index is -1.43. The second-order valence-corrected chi connectivity index (χ2v) is 10.6. The third-order valence-electron chi connectivity index (χ3n) is 6.28. The summed E-state index contributed by atoms with van der Waals surface area (Å²) in [5, 5.41) is 33.3. The van der Waals surface area contributed by atoms with E-state index in [0.717, 1.165) is 5.56 Å². The largest absolute Gasteiger partial charge is 0.391 e. The van der Waals surface area contributed by atoms with Gasteiger partial charge in [0.2, 0.25) is 11.8 Å². The Morgan fingerprint density at radius 3 is 2.37 bits per heavy atom. The van der Waals surface area contributed by atoms with Gasteiger partial charge >= 0.3 is 0 Å². The molecule has 0 fully saturated rings. The fourth-order valence-electron chi connectivity index (χ4n) is 3.99. The van der Waals surface area contributed by atoms with Crippen LogP contribution in [-0.2, 0) is 20.9 Å². The fourth-order valence-corrected chi connectivity index (χ4v) is 3.99. The molecule has 4 amide bonds. The first-order chi connectivity index (χ1) is 20.3. The van der Waals surface area contributed by atoms with Crippen LogP contribution in [0.4, 0.5) is 4.39 Å². The lowest BCUT2D eigenvalue weighted by Crippen LogP contribution is -2.57. The molecular weight excluding hydrogens is 559 g/mol. The summed E-state index contributed by atoms with van der Waals surface area (Å²) >= 11 is 0. The van der Waals surface area contributed by atoms with Gasteiger partial charge in [0.15, 0.2) is 5.69 Å². The van der Waals surface area contributed by atoms with Crippen molar-refractivity contribution in [3.8, 4) is 6.07 Å². The van der Waals surface area contributed by atoms with Gasteiger partial charge in [-0.25, -0.2) is 4.39 Å². The van der Waals surface area contributed by atoms with E-state index in [1.807, 2.05) is 19.9 Å². The van der Waals surface area contributed by atoms with Gasteiger partial charge in [0, 0.05) is 24.7 Å². The van der Waals surface area contributed by atoms with Gasteiger partial charge in [-0.05, 0) is 57.6 Å². The van der Waals surface area contributed by atoms with Crippen LogP contribution in [0.1, 0.15) is 67.4 Å². The highest BCUT2D eigenvalue weighted by Gasteiger charge is 2.30. The Morgan fingerprint density at radius 2 is 1.79 bits per heavy atom. The number of rotatable bonds is 15. The van der Waals surface area contributed by atoms with E-state index in [-0.39, 0.29) is 42.3 Å². The highest BCUT2D eigenvalue weighted by atomic mass is 19.1. The van der Waals surface area contributed by atoms with Gasteiger partial charge in [0.25, 0.3) is 11.8 Å². The van der Waals surface area contributed by atoms with Crippen molar-refractivity contribution in [1.82, 2.24) is 26.4 Å². The second-order valence-electron chi connectivity index (χ2n) is 10.6. The molecule has 1 aromatic heterocycles. The fraction of sp³-hybridized carbons (Fsp3) is 0.467. The molecule has 12 nitrogen and oxygen atoms in total. The van der Waals surface area contributed by atoms with Gasteiger partial charge in [-0.3, -0.25) is 19.2 Å². The van der Waals surface area contributed by atoms with Crippen molar-refractivity contribution in [2.45, 2.75) is 78.6 Å². The van der Waals surface area contributed by atoms with Crippen LogP contribution in [-0.4, -0.2) is 58.6 Å². The zero-order valence-electron chi connectivity index (χ0n) is 25.0. The summed E-state index contributed by atoms with van der Waals surface area (Å²) in [7, 11) is 0. The molecule has 0 bridgehead atoms. The number of amides is 4. The Kier molecular flexibility index (Phi) is 13.5. The molecule has 0 aliphatic heterocycles. The van der Waals surface area contributed by atoms with E-state index >= 15 is 0 Å². The Labute approximate surface area is 250 Å². The zero-order chi connectivity index (χ0) is 32.1. The standard InChI is InChI=1S/C30H39FN6O6/c1-17(2)12-22(15-32)27(39)33-11-7-6-8-24(28(40)34-16-21-10-9-18(3)13-23(21)31)35-30(42)26(20(5)38)36-29(41)25-14-19(4)43-37-25/h9-10,12-14,17,20,24,26,38H,6-8,11,16H2,1-5H3,(H,33,39)(H,34,40)(H,35,42)(H,36,41). The molecule has 5 N–H and O–H groups in total. The lowest BCUT2D eigenvalue weighted by atomic mass is 10.1. The summed E-state index contributed by atoms with van der Waals surface area (Å²) in [6.07, 6.45) is 1.14. The summed E-state index contributed by atoms with van der Waals surface area (Å²) < 4.78 is 19.2. The number of nitrogens with zero attached hydrogens (tertiary/aromatic N) is 2. The lowest BCUT2D eigenvalue weighted by molar-refractivity contribution is -0.131. The maximum absolute atomic E-state index is 14.3. The van der Waals surface area contributed by atoms with Crippen molar-refractivity contribution in [3.63, 3.8) is 0 Å². The molecule has 0 aliphatic carbocycles. The molecule has 232 valence electrons. The van der Waals surface area contributed by atoms with Crippen molar-refractivity contribution in [1.29, 1.82) is 5.26 Å². The molecule has 2 rings (SSSR count). The number of aliphatic hydroxyl groups is 1. The van der Waals surface area contributed by atoms with E-state index < -0.39 is 47.6 Å². The number of aliphatic hydroxyl groups excluding tert-OH is 1. The number of carbonyl (C=O) groups is 4. The Hall–Kier alpha value is -4.57. The van der Waals surface area contributed by atoms with Gasteiger partial charge in [0.05, 0.1) is 6.10 Å². The van der Waals surface area contributed by atoms with Crippen LogP contribution >= 0.6 is 0 Å². The van der Waals surface area contributed by atoms with Crippen LogP contribution in [0.3, 0.4) is 0 Å². The topological polar surface area (TPSA) is 186 Å². The van der Waals surface area contributed by atoms with Crippen molar-refractivity contribution in [2.24, 2.45) is 5.92 Å². The molecule has 43 heavy (non-hydrogen) atoms. The Morgan fingerprint density at radius 1 is 1.07 bits per heavy atom. The van der Waals surface area contributed by atoms with Crippen LogP contribution in [0, 0.1) is 36.9 Å². The van der Waals surface area contributed by atoms with E-state index in [4.69, 9.17) is 4.52 Å². The number of allylic oxidation sites excluding steroid dienone is 1. The number of hydrogen-bond donors (Lipinski definition) is 5. The molecule has 2 aromatic rings. The van der Waals surface area contributed by atoms with E-state index in [0.29, 0.717) is 18.6 Å². The number of aryl methyl sites for hydroxylation is 2. The molecule has 0 radical (unpaired) electrons. The maximum atomic E-state index is 14.3. The van der Waals surface area contributed by atoms with E-state index in [2.05, 4.69) is 26.4 Å². The minimum absolute atomic E-state index is 0.00912. The normalized spacial score (nSPS) is 13.4. The molecule has 1 aromatic carbocycles. The zero-order valence-corrected chi connectivity index (χ0v) is 25.0. The smallest absolute Gasteiger partial charge is 0.274 e. The first kappa shape index (κ1) is 34.6. The molecule has 0 saturated carbocycles. The second kappa shape index (κ2) is 16.8. The molecule has 0 aliphatic rings. The monoisotopic (exact) mass is 598 g/mol. The van der Waals surface area contributed by atoms with Crippen molar-refractivity contribution < 1.29 is 33.2 Å². The number of unbranched alkanes of at least 4 members (excludes halogenated alkanes) is 1. The van der Waals surface area contributed by atoms with Gasteiger partial charge in [-0.15, -0.1) is 0 Å². The van der Waals surface area contributed by atoms with Crippen LogP contribution < -0.4 is 21.3 Å². The number of aromatic nitrogens is 1. The first-order valence-corrected chi connectivity index (χ1v) is 14.0. The highest BCUT2D eigenvalue weighted by Crippen LogP contribution is 2.11. The third-order valence-corrected chi connectivity index (χ3v) is 6.28. The minimum Gasteiger partial charge on any atom is -0.391 e. The predicted octanol–water partition coefficient (Wildman–Crippen LogP) is 2.10. The first-order valence-electron chi connectivity index (χ1n) is 14.0. The average Bonchev–Trinajstić information content (AvgIpc) is 3.38. The SMILES string of the molecule is Cc1ccc(CNC(=O)C(CCCCNC(=O)C(C#N)=CC(C)C)NC(=O)C(NC(=O)c2cc(C)on2)C(C)O)c(F)c1. The van der Waals surface area contributed by atoms with Crippen LogP contribution in [0.25, 0.3) is 0 Å². The maximum Gasteiger partial charge on any atom is 0.274 e. The number of hydrogen-bond acceptors (Lipinski definition) is 8. The third kappa shape index (κ3) is 11.3. The van der Waals surface area contributed by atoms with E-state index in [1.165, 1.54) is 19.1 Å². The van der Waals surface area contributed by atoms with E-state index in [1.54, 1.807) is 32.1 Å². The van der Waals surface area contributed by atoms with Gasteiger partial charge in [0.1, 0.15) is 35.3 Å². The van der Waals surface area contributed by atoms with Crippen LogP contribution in [0.5, 0.6) is 0 Å². The Bertz CT molecular complexity index is 1360. The summed E-state index contributed by atoms with van der Waals surface area (Å²) in [4.78, 5) is 51.1. The van der Waals surface area contributed by atoms with Gasteiger partial charge in [-0.2, -0.15) is 5.26 Å². The summed E-state index contributed by atoms with van der Waals surface area (Å²) in [5.41, 5.74) is 0.898. The molecule has 0 saturated heterocycles. The molecule has 1 heterocycles. The summed E-state index contributed by atoms with van der Waals surface area (Å²) in [6.45, 7) is 8.41. The van der Waals surface area contributed by atoms with E-state index in [9.17, 15) is 33.9 Å². The number of halogens is 1. The number of nitriles is 1. The van der Waals surface area contributed by atoms with Crippen LogP contribution in [0.2, 0.25) is 0 Å². The summed E-state index contributed by atoms with van der Waals surface area (Å²) in [5.74, 6) is -2.78. The quantitative estimate of drug-likeness (QED) is 0.117. The van der Waals surface area contributed by atoms with Crippen molar-refractivity contribution in [3.05, 3.63) is 64.3 Å². The molecular formula is C30H39FN6O6. The molecule has 13 heteroatoms. The predicted molar refractivity (Wildman–Crippen MR) is 154 cm³/mol. The Balaban J connectivity index is 2.08. The van der Waals surface area contributed by atoms with Crippen molar-refractivity contribution in [2.75, 3.05) is 6.54 Å². The van der Waals surface area contributed by atoms with Crippen molar-refractivity contribution >= 4 is 23.6 Å². The molecule has 3 atom stereocenters. The van der Waals surface area contributed by atoms with Gasteiger partial charge < -0.3 is 30.9 Å². The number of benzene rings is 1. The number of carbonyl (C=O) groups excluding carboxylic acids is 4. The lowest BCUT2D eigenvalue weighted by Gasteiger charge is -2.24. The molecule has 3 unspecified atom stereocenters. The van der Waals surface area contributed by atoms with Gasteiger partial charge in [-0.1, -0.05) is 37.2 Å². The average molecular weight is 599 g/mol. The molecule has 0 spiro atoms. The highest BCUT2D eigenvalue weighted by molar-refractivity contribution is 5.98. The number of nitrogens with one attached hydrogen (secondary N) is 4. The summed E-state index contributed by atoms with van der Waals surface area (Å²) in [6, 6.07) is 5.30. The van der Waals surface area contributed by atoms with Crippen LogP contribution in [0.15, 0.2) is 40.4 Å².